The monoisotopic (exact) mass is 368 g/mol. The third kappa shape index (κ3) is 5.46. The molecule has 0 unspecified atom stereocenters. The number of hydrogen-bond acceptors (Lipinski definition) is 1. The Morgan fingerprint density at radius 3 is 2.11 bits per heavy atom. The van der Waals surface area contributed by atoms with Crippen LogP contribution >= 0.6 is 0 Å². The maximum Gasteiger partial charge on any atom is 0.126 e. The fourth-order valence-corrected chi connectivity index (χ4v) is 5.71. The molecule has 0 spiro atoms. The summed E-state index contributed by atoms with van der Waals surface area (Å²) in [6.45, 7) is 4.55. The predicted octanol–water partition coefficient (Wildman–Crippen LogP) is 7.48. The summed E-state index contributed by atoms with van der Waals surface area (Å²) in [5.41, 5.74) is 3.00. The lowest BCUT2D eigenvalue weighted by atomic mass is 9.68. The minimum absolute atomic E-state index is 0.0119. The van der Waals surface area contributed by atoms with Crippen LogP contribution in [0.5, 0.6) is 0 Å². The first-order valence-electron chi connectivity index (χ1n) is 11.7. The standard InChI is InChI=1S/C26H40O/c1-3-17-26(20-27)18-15-25(16-19-26)24-13-11-23(12-14-24)10-9-22-7-5-21(4-2)6-8-22/h11-14,20-22,25H,3-10,15-19H2,1-2H3. The van der Waals surface area contributed by atoms with Crippen LogP contribution in [0.1, 0.15) is 108 Å². The number of carbonyl (C=O) groups excluding carboxylic acids is 1. The smallest absolute Gasteiger partial charge is 0.126 e. The summed E-state index contributed by atoms with van der Waals surface area (Å²) in [4.78, 5) is 11.6. The lowest BCUT2D eigenvalue weighted by Crippen LogP contribution is -2.28. The molecule has 0 radical (unpaired) electrons. The van der Waals surface area contributed by atoms with E-state index in [1.807, 2.05) is 0 Å². The molecule has 3 rings (SSSR count). The van der Waals surface area contributed by atoms with Crippen LogP contribution < -0.4 is 0 Å². The molecule has 0 N–H and O–H groups in total. The van der Waals surface area contributed by atoms with Gasteiger partial charge in [-0.25, -0.2) is 0 Å². The predicted molar refractivity (Wildman–Crippen MR) is 115 cm³/mol. The summed E-state index contributed by atoms with van der Waals surface area (Å²) in [6.07, 6.45) is 17.8. The van der Waals surface area contributed by atoms with Gasteiger partial charge in [0.25, 0.3) is 0 Å². The highest BCUT2D eigenvalue weighted by atomic mass is 16.1. The molecule has 2 aliphatic carbocycles. The largest absolute Gasteiger partial charge is 0.303 e. The van der Waals surface area contributed by atoms with E-state index >= 15 is 0 Å². The van der Waals surface area contributed by atoms with Crippen LogP contribution in [0.25, 0.3) is 0 Å². The van der Waals surface area contributed by atoms with E-state index in [9.17, 15) is 4.79 Å². The van der Waals surface area contributed by atoms with Crippen molar-refractivity contribution in [3.8, 4) is 0 Å². The van der Waals surface area contributed by atoms with Gasteiger partial charge in [0, 0.05) is 5.41 Å². The molecule has 1 heteroatoms. The highest BCUT2D eigenvalue weighted by Gasteiger charge is 2.34. The SMILES string of the molecule is CCCC1(C=O)CCC(c2ccc(CCC3CCC(CC)CC3)cc2)CC1. The molecular formula is C26H40O. The van der Waals surface area contributed by atoms with Gasteiger partial charge >= 0.3 is 0 Å². The Kier molecular flexibility index (Phi) is 7.56. The van der Waals surface area contributed by atoms with Gasteiger partial charge in [0.1, 0.15) is 6.29 Å². The van der Waals surface area contributed by atoms with E-state index in [4.69, 9.17) is 0 Å². The molecule has 0 heterocycles. The number of aryl methyl sites for hydroxylation is 1. The van der Waals surface area contributed by atoms with E-state index in [0.717, 1.165) is 37.5 Å². The zero-order chi connectivity index (χ0) is 19.1. The molecule has 2 aliphatic rings. The van der Waals surface area contributed by atoms with Crippen molar-refractivity contribution in [3.63, 3.8) is 0 Å². The van der Waals surface area contributed by atoms with Gasteiger partial charge in [-0.05, 0) is 73.8 Å². The van der Waals surface area contributed by atoms with Crippen molar-refractivity contribution in [3.05, 3.63) is 35.4 Å². The highest BCUT2D eigenvalue weighted by Crippen LogP contribution is 2.44. The molecule has 2 fully saturated rings. The van der Waals surface area contributed by atoms with E-state index < -0.39 is 0 Å². The average molecular weight is 369 g/mol. The van der Waals surface area contributed by atoms with Crippen molar-refractivity contribution in [1.82, 2.24) is 0 Å². The third-order valence-corrected chi connectivity index (χ3v) is 7.82. The quantitative estimate of drug-likeness (QED) is 0.435. The molecule has 150 valence electrons. The van der Waals surface area contributed by atoms with Crippen LogP contribution in [0.3, 0.4) is 0 Å². The Hall–Kier alpha value is -1.11. The second-order valence-electron chi connectivity index (χ2n) is 9.58. The van der Waals surface area contributed by atoms with Crippen LogP contribution in [-0.4, -0.2) is 6.29 Å². The molecule has 0 atom stereocenters. The zero-order valence-electron chi connectivity index (χ0n) is 17.7. The van der Waals surface area contributed by atoms with Gasteiger partial charge in [0.05, 0.1) is 0 Å². The number of carbonyl (C=O) groups is 1. The maximum absolute atomic E-state index is 11.6. The van der Waals surface area contributed by atoms with Crippen molar-refractivity contribution in [2.45, 2.75) is 103 Å². The average Bonchev–Trinajstić information content (AvgIpc) is 2.74. The van der Waals surface area contributed by atoms with E-state index in [1.54, 1.807) is 0 Å². The third-order valence-electron chi connectivity index (χ3n) is 7.82. The summed E-state index contributed by atoms with van der Waals surface area (Å²) < 4.78 is 0. The van der Waals surface area contributed by atoms with Crippen LogP contribution in [0.2, 0.25) is 0 Å². The molecule has 0 aromatic heterocycles. The van der Waals surface area contributed by atoms with E-state index in [-0.39, 0.29) is 5.41 Å². The molecule has 1 nitrogen and oxygen atoms in total. The van der Waals surface area contributed by atoms with Gasteiger partial charge < -0.3 is 4.79 Å². The van der Waals surface area contributed by atoms with Crippen LogP contribution in [0.15, 0.2) is 24.3 Å². The Balaban J connectivity index is 1.46. The molecule has 0 bridgehead atoms. The summed E-state index contributed by atoms with van der Waals surface area (Å²) >= 11 is 0. The van der Waals surface area contributed by atoms with Crippen LogP contribution in [0.4, 0.5) is 0 Å². The van der Waals surface area contributed by atoms with E-state index in [2.05, 4.69) is 38.1 Å². The molecule has 2 saturated carbocycles. The molecule has 0 aliphatic heterocycles. The summed E-state index contributed by atoms with van der Waals surface area (Å²) in [5, 5.41) is 0. The van der Waals surface area contributed by atoms with Gasteiger partial charge in [-0.15, -0.1) is 0 Å². The molecular weight excluding hydrogens is 328 g/mol. The molecule has 1 aromatic carbocycles. The molecule has 1 aromatic rings. The zero-order valence-corrected chi connectivity index (χ0v) is 17.7. The summed E-state index contributed by atoms with van der Waals surface area (Å²) in [5.74, 6) is 2.63. The number of benzene rings is 1. The molecule has 0 amide bonds. The summed E-state index contributed by atoms with van der Waals surface area (Å²) in [7, 11) is 0. The van der Waals surface area contributed by atoms with Crippen molar-refractivity contribution < 1.29 is 4.79 Å². The first-order chi connectivity index (χ1) is 13.2. The Morgan fingerprint density at radius 1 is 0.926 bits per heavy atom. The normalized spacial score (nSPS) is 31.6. The van der Waals surface area contributed by atoms with Crippen molar-refractivity contribution >= 4 is 6.29 Å². The van der Waals surface area contributed by atoms with Crippen molar-refractivity contribution in [2.75, 3.05) is 0 Å². The fourth-order valence-electron chi connectivity index (χ4n) is 5.71. The van der Waals surface area contributed by atoms with Crippen LogP contribution in [-0.2, 0) is 11.2 Å². The Labute approximate surface area is 167 Å². The maximum atomic E-state index is 11.6. The Morgan fingerprint density at radius 2 is 1.56 bits per heavy atom. The second-order valence-corrected chi connectivity index (χ2v) is 9.58. The van der Waals surface area contributed by atoms with Crippen molar-refractivity contribution in [1.29, 1.82) is 0 Å². The Bertz CT molecular complexity index is 556. The van der Waals surface area contributed by atoms with Gasteiger partial charge in [-0.3, -0.25) is 0 Å². The topological polar surface area (TPSA) is 17.1 Å². The first-order valence-corrected chi connectivity index (χ1v) is 11.7. The van der Waals surface area contributed by atoms with Gasteiger partial charge in [-0.2, -0.15) is 0 Å². The van der Waals surface area contributed by atoms with E-state index in [0.29, 0.717) is 5.92 Å². The summed E-state index contributed by atoms with van der Waals surface area (Å²) in [6, 6.07) is 9.50. The first kappa shape index (κ1) is 20.6. The number of hydrogen-bond donors (Lipinski definition) is 0. The lowest BCUT2D eigenvalue weighted by molar-refractivity contribution is -0.118. The minimum atomic E-state index is -0.0119. The minimum Gasteiger partial charge on any atom is -0.303 e. The number of aldehydes is 1. The fraction of sp³-hybridized carbons (Fsp3) is 0.731. The van der Waals surface area contributed by atoms with E-state index in [1.165, 1.54) is 75.2 Å². The van der Waals surface area contributed by atoms with Crippen LogP contribution in [0, 0.1) is 17.3 Å². The lowest BCUT2D eigenvalue weighted by Gasteiger charge is -2.36. The van der Waals surface area contributed by atoms with Gasteiger partial charge in [-0.1, -0.05) is 76.6 Å². The van der Waals surface area contributed by atoms with Gasteiger partial charge in [0.2, 0.25) is 0 Å². The van der Waals surface area contributed by atoms with Gasteiger partial charge in [0.15, 0.2) is 0 Å². The highest BCUT2D eigenvalue weighted by molar-refractivity contribution is 5.59. The van der Waals surface area contributed by atoms with Crippen molar-refractivity contribution in [2.24, 2.45) is 17.3 Å². The molecule has 27 heavy (non-hydrogen) atoms. The molecule has 0 saturated heterocycles. The number of rotatable bonds is 8. The second kappa shape index (κ2) is 9.89.